The largest absolute Gasteiger partial charge is 0.507 e. The van der Waals surface area contributed by atoms with E-state index in [4.69, 9.17) is 0 Å². The van der Waals surface area contributed by atoms with E-state index in [1.807, 2.05) is 30.3 Å². The monoisotopic (exact) mass is 298 g/mol. The molecule has 22 heavy (non-hydrogen) atoms. The number of fused-ring (bicyclic) bond motifs is 1. The molecule has 3 rings (SSSR count). The van der Waals surface area contributed by atoms with Gasteiger partial charge in [-0.05, 0) is 42.8 Å². The van der Waals surface area contributed by atoms with Gasteiger partial charge in [0.2, 0.25) is 0 Å². The molecule has 1 amide bonds. The Kier molecular flexibility index (Phi) is 4.59. The Bertz CT molecular complexity index is 663. The molecule has 0 aliphatic carbocycles. The number of benzene rings is 2. The van der Waals surface area contributed by atoms with E-state index >= 15 is 0 Å². The average Bonchev–Trinajstić information content (AvgIpc) is 2.55. The zero-order chi connectivity index (χ0) is 15.4. The first kappa shape index (κ1) is 14.9. The van der Waals surface area contributed by atoms with Crippen molar-refractivity contribution in [3.63, 3.8) is 0 Å². The van der Waals surface area contributed by atoms with Crippen LogP contribution in [-0.2, 0) is 0 Å². The molecular formula is C18H22N2O2. The normalized spacial score (nSPS) is 15.8. The van der Waals surface area contributed by atoms with E-state index < -0.39 is 0 Å². The zero-order valence-electron chi connectivity index (χ0n) is 12.7. The molecule has 0 aromatic heterocycles. The van der Waals surface area contributed by atoms with Gasteiger partial charge in [-0.2, -0.15) is 0 Å². The third-order valence-electron chi connectivity index (χ3n) is 4.30. The van der Waals surface area contributed by atoms with Crippen LogP contribution in [0.4, 0.5) is 0 Å². The lowest BCUT2D eigenvalue weighted by molar-refractivity contribution is 0.0945. The number of carbonyl (C=O) groups is 1. The van der Waals surface area contributed by atoms with Crippen LogP contribution in [0.15, 0.2) is 36.4 Å². The summed E-state index contributed by atoms with van der Waals surface area (Å²) in [7, 11) is 0. The van der Waals surface area contributed by atoms with Crippen molar-refractivity contribution in [2.75, 3.05) is 26.2 Å². The van der Waals surface area contributed by atoms with Gasteiger partial charge in [-0.25, -0.2) is 0 Å². The first-order valence-corrected chi connectivity index (χ1v) is 7.97. The first-order valence-electron chi connectivity index (χ1n) is 7.97. The topological polar surface area (TPSA) is 52.6 Å². The molecule has 0 spiro atoms. The van der Waals surface area contributed by atoms with Crippen molar-refractivity contribution < 1.29 is 9.90 Å². The number of piperidine rings is 1. The van der Waals surface area contributed by atoms with Gasteiger partial charge in [0.1, 0.15) is 5.75 Å². The Morgan fingerprint density at radius 3 is 2.68 bits per heavy atom. The fraction of sp³-hybridized carbons (Fsp3) is 0.389. The highest BCUT2D eigenvalue weighted by molar-refractivity contribution is 6.09. The molecular weight excluding hydrogens is 276 g/mol. The Morgan fingerprint density at radius 2 is 1.86 bits per heavy atom. The molecule has 1 aliphatic heterocycles. The summed E-state index contributed by atoms with van der Waals surface area (Å²) < 4.78 is 0. The van der Waals surface area contributed by atoms with Crippen molar-refractivity contribution in [3.05, 3.63) is 42.0 Å². The lowest BCUT2D eigenvalue weighted by Crippen LogP contribution is -2.37. The second-order valence-electron chi connectivity index (χ2n) is 5.84. The number of phenols is 1. The van der Waals surface area contributed by atoms with E-state index in [2.05, 4.69) is 10.2 Å². The van der Waals surface area contributed by atoms with Crippen LogP contribution >= 0.6 is 0 Å². The van der Waals surface area contributed by atoms with Crippen molar-refractivity contribution in [1.82, 2.24) is 10.2 Å². The first-order chi connectivity index (χ1) is 10.8. The summed E-state index contributed by atoms with van der Waals surface area (Å²) in [6, 6.07) is 11.0. The van der Waals surface area contributed by atoms with Crippen molar-refractivity contribution in [2.24, 2.45) is 0 Å². The van der Waals surface area contributed by atoms with Crippen molar-refractivity contribution in [2.45, 2.75) is 19.3 Å². The molecule has 0 atom stereocenters. The SMILES string of the molecule is O=C(NCCN1CCCCC1)c1c(O)ccc2ccccc12. The van der Waals surface area contributed by atoms with E-state index in [1.54, 1.807) is 6.07 Å². The van der Waals surface area contributed by atoms with Crippen LogP contribution in [0.5, 0.6) is 5.75 Å². The van der Waals surface area contributed by atoms with Gasteiger partial charge in [0.05, 0.1) is 5.56 Å². The Hall–Kier alpha value is -2.07. The number of hydrogen-bond acceptors (Lipinski definition) is 3. The van der Waals surface area contributed by atoms with Gasteiger partial charge >= 0.3 is 0 Å². The van der Waals surface area contributed by atoms with E-state index in [9.17, 15) is 9.90 Å². The van der Waals surface area contributed by atoms with Crippen LogP contribution in [-0.4, -0.2) is 42.1 Å². The van der Waals surface area contributed by atoms with E-state index in [1.165, 1.54) is 19.3 Å². The second-order valence-corrected chi connectivity index (χ2v) is 5.84. The van der Waals surface area contributed by atoms with Crippen LogP contribution < -0.4 is 5.32 Å². The minimum Gasteiger partial charge on any atom is -0.507 e. The molecule has 0 saturated carbocycles. The average molecular weight is 298 g/mol. The van der Waals surface area contributed by atoms with Crippen LogP contribution in [0.3, 0.4) is 0 Å². The molecule has 116 valence electrons. The molecule has 1 fully saturated rings. The number of aromatic hydroxyl groups is 1. The molecule has 2 aromatic rings. The standard InChI is InChI=1S/C18H22N2O2/c21-16-9-8-14-6-2-3-7-15(14)17(16)18(22)19-10-13-20-11-4-1-5-12-20/h2-3,6-9,21H,1,4-5,10-13H2,(H,19,22). The summed E-state index contributed by atoms with van der Waals surface area (Å²) >= 11 is 0. The smallest absolute Gasteiger partial charge is 0.255 e. The molecule has 1 aliphatic rings. The van der Waals surface area contributed by atoms with Gasteiger partial charge in [-0.15, -0.1) is 0 Å². The maximum absolute atomic E-state index is 12.4. The maximum atomic E-state index is 12.4. The van der Waals surface area contributed by atoms with Gasteiger partial charge in [0.25, 0.3) is 5.91 Å². The summed E-state index contributed by atoms with van der Waals surface area (Å²) in [4.78, 5) is 14.8. The summed E-state index contributed by atoms with van der Waals surface area (Å²) in [5, 5.41) is 14.7. The second kappa shape index (κ2) is 6.79. The van der Waals surface area contributed by atoms with Gasteiger partial charge < -0.3 is 15.3 Å². The fourth-order valence-electron chi connectivity index (χ4n) is 3.10. The number of nitrogens with zero attached hydrogens (tertiary/aromatic N) is 1. The number of likely N-dealkylation sites (tertiary alicyclic amines) is 1. The van der Waals surface area contributed by atoms with Gasteiger partial charge in [0.15, 0.2) is 0 Å². The summed E-state index contributed by atoms with van der Waals surface area (Å²) in [6.45, 7) is 3.73. The molecule has 0 unspecified atom stereocenters. The summed E-state index contributed by atoms with van der Waals surface area (Å²) in [5.74, 6) is -0.166. The fourth-order valence-corrected chi connectivity index (χ4v) is 3.10. The summed E-state index contributed by atoms with van der Waals surface area (Å²) in [5.41, 5.74) is 0.372. The minimum atomic E-state index is -0.202. The van der Waals surface area contributed by atoms with Crippen molar-refractivity contribution in [1.29, 1.82) is 0 Å². The van der Waals surface area contributed by atoms with Gasteiger partial charge in [0, 0.05) is 13.1 Å². The molecule has 0 bridgehead atoms. The molecule has 2 N–H and O–H groups in total. The van der Waals surface area contributed by atoms with E-state index in [0.717, 1.165) is 30.4 Å². The third-order valence-corrected chi connectivity index (χ3v) is 4.30. The van der Waals surface area contributed by atoms with Crippen LogP contribution in [0.25, 0.3) is 10.8 Å². The number of amides is 1. The van der Waals surface area contributed by atoms with Crippen LogP contribution in [0.2, 0.25) is 0 Å². The molecule has 4 nitrogen and oxygen atoms in total. The van der Waals surface area contributed by atoms with Gasteiger partial charge in [-0.3, -0.25) is 4.79 Å². The van der Waals surface area contributed by atoms with E-state index in [-0.39, 0.29) is 11.7 Å². The van der Waals surface area contributed by atoms with Crippen molar-refractivity contribution in [3.8, 4) is 5.75 Å². The predicted molar refractivity (Wildman–Crippen MR) is 88.2 cm³/mol. The molecule has 2 aromatic carbocycles. The Labute approximate surface area is 130 Å². The molecule has 1 saturated heterocycles. The predicted octanol–water partition coefficient (Wildman–Crippen LogP) is 2.76. The quantitative estimate of drug-likeness (QED) is 0.912. The third kappa shape index (κ3) is 3.22. The number of nitrogens with one attached hydrogen (secondary N) is 1. The lowest BCUT2D eigenvalue weighted by atomic mass is 10.0. The van der Waals surface area contributed by atoms with Crippen LogP contribution in [0.1, 0.15) is 29.6 Å². The highest BCUT2D eigenvalue weighted by Crippen LogP contribution is 2.26. The van der Waals surface area contributed by atoms with Crippen LogP contribution in [0, 0.1) is 0 Å². The van der Waals surface area contributed by atoms with E-state index in [0.29, 0.717) is 12.1 Å². The zero-order valence-corrected chi connectivity index (χ0v) is 12.7. The molecule has 0 radical (unpaired) electrons. The van der Waals surface area contributed by atoms with Crippen molar-refractivity contribution >= 4 is 16.7 Å². The summed E-state index contributed by atoms with van der Waals surface area (Å²) in [6.07, 6.45) is 3.81. The maximum Gasteiger partial charge on any atom is 0.255 e. The van der Waals surface area contributed by atoms with Gasteiger partial charge in [-0.1, -0.05) is 36.8 Å². The number of rotatable bonds is 4. The number of hydrogen-bond donors (Lipinski definition) is 2. The Balaban J connectivity index is 1.68. The number of carbonyl (C=O) groups excluding carboxylic acids is 1. The Morgan fingerprint density at radius 1 is 1.09 bits per heavy atom. The lowest BCUT2D eigenvalue weighted by Gasteiger charge is -2.26. The highest BCUT2D eigenvalue weighted by Gasteiger charge is 2.15. The molecule has 1 heterocycles. The number of phenolic OH excluding ortho intramolecular Hbond substituents is 1. The molecule has 4 heteroatoms. The minimum absolute atomic E-state index is 0.0363. The highest BCUT2D eigenvalue weighted by atomic mass is 16.3.